The van der Waals surface area contributed by atoms with Gasteiger partial charge in [0.25, 0.3) is 0 Å². The van der Waals surface area contributed by atoms with E-state index in [4.69, 9.17) is 11.6 Å². The third kappa shape index (κ3) is 2.80. The summed E-state index contributed by atoms with van der Waals surface area (Å²) >= 11 is 6.14. The van der Waals surface area contributed by atoms with Crippen LogP contribution in [0.2, 0.25) is 5.02 Å². The maximum atomic E-state index is 13.6. The summed E-state index contributed by atoms with van der Waals surface area (Å²) in [7, 11) is 0. The van der Waals surface area contributed by atoms with Crippen molar-refractivity contribution in [2.24, 2.45) is 0 Å². The second-order valence-corrected chi connectivity index (χ2v) is 8.23. The van der Waals surface area contributed by atoms with Crippen molar-refractivity contribution in [1.82, 2.24) is 9.88 Å². The Morgan fingerprint density at radius 1 is 1.06 bits per heavy atom. The summed E-state index contributed by atoms with van der Waals surface area (Å²) < 4.78 is 0. The number of fused-ring (bicyclic) bond motifs is 3. The molecule has 1 N–H and O–H groups in total. The van der Waals surface area contributed by atoms with Crippen LogP contribution in [0.4, 0.5) is 5.69 Å². The number of likely N-dealkylation sites (tertiary alicyclic amines) is 1. The van der Waals surface area contributed by atoms with Gasteiger partial charge in [-0.2, -0.15) is 0 Å². The Hall–Kier alpha value is -3.78. The van der Waals surface area contributed by atoms with Crippen LogP contribution in [0.5, 0.6) is 0 Å². The van der Waals surface area contributed by atoms with Crippen LogP contribution in [0.1, 0.15) is 17.7 Å². The molecule has 1 saturated heterocycles. The quantitative estimate of drug-likeness (QED) is 0.484. The fourth-order valence-electron chi connectivity index (χ4n) is 4.57. The number of halogens is 1. The van der Waals surface area contributed by atoms with E-state index in [-0.39, 0.29) is 29.2 Å². The van der Waals surface area contributed by atoms with Crippen molar-refractivity contribution >= 4 is 51.8 Å². The molecule has 0 aliphatic carbocycles. The molecule has 1 fully saturated rings. The van der Waals surface area contributed by atoms with Gasteiger partial charge in [0, 0.05) is 27.9 Å². The summed E-state index contributed by atoms with van der Waals surface area (Å²) in [6.45, 7) is -0.718. The molecule has 0 radical (unpaired) electrons. The summed E-state index contributed by atoms with van der Waals surface area (Å²) in [6, 6.07) is 13.8. The molecule has 0 saturated carbocycles. The Morgan fingerprint density at radius 2 is 1.81 bits per heavy atom. The van der Waals surface area contributed by atoms with Gasteiger partial charge in [0.15, 0.2) is 5.41 Å². The predicted molar refractivity (Wildman–Crippen MR) is 115 cm³/mol. The summed E-state index contributed by atoms with van der Waals surface area (Å²) in [6.07, 6.45) is 1.21. The number of benzene rings is 2. The second-order valence-electron chi connectivity index (χ2n) is 7.79. The Morgan fingerprint density at radius 3 is 2.59 bits per heavy atom. The highest BCUT2D eigenvalue weighted by molar-refractivity contribution is 6.32. The average molecular weight is 450 g/mol. The minimum absolute atomic E-state index is 0.0944. The van der Waals surface area contributed by atoms with Crippen molar-refractivity contribution < 1.29 is 24.3 Å². The van der Waals surface area contributed by atoms with Crippen LogP contribution in [0.25, 0.3) is 10.8 Å². The van der Waals surface area contributed by atoms with Crippen LogP contribution in [0, 0.1) is 0 Å². The van der Waals surface area contributed by atoms with Crippen LogP contribution in [0.15, 0.2) is 54.7 Å². The second kappa shape index (κ2) is 7.13. The zero-order chi connectivity index (χ0) is 22.6. The molecule has 2 aliphatic rings. The number of imide groups is 1. The highest BCUT2D eigenvalue weighted by Gasteiger charge is 2.64. The zero-order valence-electron chi connectivity index (χ0n) is 16.6. The highest BCUT2D eigenvalue weighted by atomic mass is 35.5. The van der Waals surface area contributed by atoms with Gasteiger partial charge in [0.1, 0.15) is 6.54 Å². The van der Waals surface area contributed by atoms with Gasteiger partial charge in [0.2, 0.25) is 17.7 Å². The van der Waals surface area contributed by atoms with Gasteiger partial charge in [-0.3, -0.25) is 34.0 Å². The molecule has 3 heterocycles. The number of anilines is 1. The molecule has 1 spiro atoms. The normalized spacial score (nSPS) is 20.0. The number of carboxylic acids is 1. The van der Waals surface area contributed by atoms with E-state index in [1.807, 2.05) is 30.3 Å². The number of carbonyl (C=O) groups is 4. The Balaban J connectivity index is 1.59. The van der Waals surface area contributed by atoms with Crippen LogP contribution in [0.3, 0.4) is 0 Å². The van der Waals surface area contributed by atoms with E-state index in [0.29, 0.717) is 5.69 Å². The molecule has 2 aromatic carbocycles. The number of rotatable bonds is 4. The van der Waals surface area contributed by atoms with Crippen LogP contribution in [-0.2, 0) is 31.1 Å². The molecule has 32 heavy (non-hydrogen) atoms. The molecule has 2 aliphatic heterocycles. The maximum Gasteiger partial charge on any atom is 0.323 e. The first kappa shape index (κ1) is 20.1. The lowest BCUT2D eigenvalue weighted by Crippen LogP contribution is -2.47. The number of amides is 3. The third-order valence-electron chi connectivity index (χ3n) is 6.00. The van der Waals surface area contributed by atoms with E-state index < -0.39 is 35.7 Å². The number of nitrogens with zero attached hydrogens (tertiary/aromatic N) is 3. The number of aliphatic carboxylic acids is 1. The van der Waals surface area contributed by atoms with Gasteiger partial charge in [-0.15, -0.1) is 0 Å². The van der Waals surface area contributed by atoms with Crippen molar-refractivity contribution in [2.45, 2.75) is 18.4 Å². The standard InChI is InChI=1S/C23H16ClN3O5/c24-14-5-6-18-16(9-14)23(21(31)26(18)12-20(29)30)10-19(28)27(22(23)32)11-17-15-4-2-1-3-13(15)7-8-25-17/h1-9H,10-12H2,(H,29,30). The molecule has 0 bridgehead atoms. The van der Waals surface area contributed by atoms with Crippen molar-refractivity contribution in [2.75, 3.05) is 11.4 Å². The summed E-state index contributed by atoms with van der Waals surface area (Å²) in [5.41, 5.74) is -0.769. The SMILES string of the molecule is O=C(O)CN1C(=O)C2(CC(=O)N(Cc3nccc4ccccc34)C2=O)c2cc(Cl)ccc21. The molecule has 160 valence electrons. The van der Waals surface area contributed by atoms with Gasteiger partial charge in [-0.1, -0.05) is 35.9 Å². The molecule has 9 heteroatoms. The molecule has 1 aromatic heterocycles. The number of hydrogen-bond acceptors (Lipinski definition) is 5. The van der Waals surface area contributed by atoms with Gasteiger partial charge < -0.3 is 5.11 Å². The lowest BCUT2D eigenvalue weighted by Gasteiger charge is -2.22. The van der Waals surface area contributed by atoms with E-state index in [9.17, 15) is 24.3 Å². The first-order valence-electron chi connectivity index (χ1n) is 9.84. The molecule has 8 nitrogen and oxygen atoms in total. The van der Waals surface area contributed by atoms with E-state index in [2.05, 4.69) is 4.98 Å². The van der Waals surface area contributed by atoms with Crippen LogP contribution in [-0.4, -0.2) is 45.2 Å². The summed E-state index contributed by atoms with van der Waals surface area (Å²) in [5.74, 6) is -3.19. The average Bonchev–Trinajstić information content (AvgIpc) is 3.14. The smallest absolute Gasteiger partial charge is 0.323 e. The molecular formula is C23H16ClN3O5. The summed E-state index contributed by atoms with van der Waals surface area (Å²) in [4.78, 5) is 57.8. The van der Waals surface area contributed by atoms with E-state index in [1.165, 1.54) is 18.2 Å². The first-order valence-corrected chi connectivity index (χ1v) is 10.2. The minimum atomic E-state index is -1.82. The topological polar surface area (TPSA) is 108 Å². The first-order chi connectivity index (χ1) is 15.3. The minimum Gasteiger partial charge on any atom is -0.480 e. The van der Waals surface area contributed by atoms with Gasteiger partial charge in [0.05, 0.1) is 18.7 Å². The number of carbonyl (C=O) groups excluding carboxylic acids is 3. The molecular weight excluding hydrogens is 434 g/mol. The monoisotopic (exact) mass is 449 g/mol. The van der Waals surface area contributed by atoms with Crippen molar-refractivity contribution in [1.29, 1.82) is 0 Å². The third-order valence-corrected chi connectivity index (χ3v) is 6.24. The molecule has 3 amide bonds. The lowest BCUT2D eigenvalue weighted by molar-refractivity contribution is -0.143. The van der Waals surface area contributed by atoms with Gasteiger partial charge in [-0.25, -0.2) is 0 Å². The summed E-state index contributed by atoms with van der Waals surface area (Å²) in [5, 5.41) is 11.3. The highest BCUT2D eigenvalue weighted by Crippen LogP contribution is 2.49. The predicted octanol–water partition coefficient (Wildman–Crippen LogP) is 2.52. The van der Waals surface area contributed by atoms with Crippen molar-refractivity contribution in [3.05, 3.63) is 71.0 Å². The van der Waals surface area contributed by atoms with E-state index in [0.717, 1.165) is 20.6 Å². The molecule has 1 atom stereocenters. The maximum absolute atomic E-state index is 13.6. The largest absolute Gasteiger partial charge is 0.480 e. The number of carboxylic acid groups (broad SMARTS) is 1. The van der Waals surface area contributed by atoms with Gasteiger partial charge in [-0.05, 0) is 29.7 Å². The molecule has 3 aromatic rings. The zero-order valence-corrected chi connectivity index (χ0v) is 17.4. The number of pyridine rings is 1. The molecule has 5 rings (SSSR count). The van der Waals surface area contributed by atoms with E-state index in [1.54, 1.807) is 6.20 Å². The van der Waals surface area contributed by atoms with Gasteiger partial charge >= 0.3 is 5.97 Å². The lowest BCUT2D eigenvalue weighted by atomic mass is 9.80. The van der Waals surface area contributed by atoms with Crippen LogP contribution < -0.4 is 4.90 Å². The van der Waals surface area contributed by atoms with E-state index >= 15 is 0 Å². The Labute approximate surface area is 187 Å². The Kier molecular flexibility index (Phi) is 4.49. The number of aromatic nitrogens is 1. The fraction of sp³-hybridized carbons (Fsp3) is 0.174. The Bertz CT molecular complexity index is 1330. The van der Waals surface area contributed by atoms with Crippen molar-refractivity contribution in [3.63, 3.8) is 0 Å². The number of hydrogen-bond donors (Lipinski definition) is 1. The van der Waals surface area contributed by atoms with Crippen molar-refractivity contribution in [3.8, 4) is 0 Å². The van der Waals surface area contributed by atoms with Crippen LogP contribution >= 0.6 is 11.6 Å². The fourth-order valence-corrected chi connectivity index (χ4v) is 4.74. The molecule has 1 unspecified atom stereocenters.